The summed E-state index contributed by atoms with van der Waals surface area (Å²) in [6.45, 7) is 10.3. The molecule has 0 aromatic carbocycles. The molecule has 0 heterocycles. The molecule has 90 valence electrons. The molecule has 1 fully saturated rings. The first kappa shape index (κ1) is 13.0. The first-order valence-corrected chi connectivity index (χ1v) is 6.57. The molecule has 0 saturated heterocycles. The third-order valence-corrected chi connectivity index (χ3v) is 3.59. The van der Waals surface area contributed by atoms with E-state index in [1.807, 2.05) is 0 Å². The van der Waals surface area contributed by atoms with Crippen molar-refractivity contribution in [1.82, 2.24) is 4.90 Å². The molecule has 2 nitrogen and oxygen atoms in total. The predicted octanol–water partition coefficient (Wildman–Crippen LogP) is 2.62. The maximum atomic E-state index is 6.15. The second-order valence-corrected chi connectivity index (χ2v) is 5.46. The zero-order valence-electron chi connectivity index (χ0n) is 10.9. The van der Waals surface area contributed by atoms with Crippen molar-refractivity contribution in [1.29, 1.82) is 0 Å². The van der Waals surface area contributed by atoms with Crippen molar-refractivity contribution < 1.29 is 0 Å². The van der Waals surface area contributed by atoms with Gasteiger partial charge in [-0.05, 0) is 45.1 Å². The molecule has 1 aliphatic rings. The molecule has 2 unspecified atom stereocenters. The minimum atomic E-state index is 0.345. The molecule has 0 aliphatic heterocycles. The molecule has 0 spiro atoms. The van der Waals surface area contributed by atoms with Gasteiger partial charge in [0, 0.05) is 18.1 Å². The van der Waals surface area contributed by atoms with Crippen molar-refractivity contribution >= 4 is 0 Å². The van der Waals surface area contributed by atoms with Gasteiger partial charge in [0.15, 0.2) is 0 Å². The normalized spacial score (nSPS) is 21.0. The molecule has 2 heteroatoms. The lowest BCUT2D eigenvalue weighted by Crippen LogP contribution is -2.47. The van der Waals surface area contributed by atoms with E-state index in [0.29, 0.717) is 12.1 Å². The van der Waals surface area contributed by atoms with E-state index in [1.54, 1.807) is 0 Å². The molecule has 0 amide bonds. The molecule has 1 rings (SSSR count). The van der Waals surface area contributed by atoms with Crippen LogP contribution in [0.25, 0.3) is 0 Å². The lowest BCUT2D eigenvalue weighted by Gasteiger charge is -2.33. The average Bonchev–Trinajstić information content (AvgIpc) is 3.00. The van der Waals surface area contributed by atoms with Crippen molar-refractivity contribution in [3.05, 3.63) is 0 Å². The summed E-state index contributed by atoms with van der Waals surface area (Å²) < 4.78 is 0. The minimum absolute atomic E-state index is 0.345. The fourth-order valence-corrected chi connectivity index (χ4v) is 2.12. The Balaban J connectivity index is 2.41. The molecule has 2 N–H and O–H groups in total. The standard InChI is InChI=1S/C13H28N2/c1-5-13(14)11(4)15(12-6-7-12)9-8-10(2)3/h10-13H,5-9,14H2,1-4H3. The predicted molar refractivity (Wildman–Crippen MR) is 66.9 cm³/mol. The summed E-state index contributed by atoms with van der Waals surface area (Å²) >= 11 is 0. The van der Waals surface area contributed by atoms with Crippen molar-refractivity contribution in [2.75, 3.05) is 6.54 Å². The fraction of sp³-hybridized carbons (Fsp3) is 1.00. The Morgan fingerprint density at radius 2 is 1.87 bits per heavy atom. The molecule has 0 aromatic heterocycles. The summed E-state index contributed by atoms with van der Waals surface area (Å²) in [6, 6.07) is 1.75. The Kier molecular flexibility index (Phi) is 5.07. The van der Waals surface area contributed by atoms with Crippen molar-refractivity contribution in [3.63, 3.8) is 0 Å². The van der Waals surface area contributed by atoms with E-state index >= 15 is 0 Å². The van der Waals surface area contributed by atoms with Crippen LogP contribution in [0.4, 0.5) is 0 Å². The third-order valence-electron chi connectivity index (χ3n) is 3.59. The molecular formula is C13H28N2. The molecule has 0 aromatic rings. The Hall–Kier alpha value is -0.0800. The molecule has 15 heavy (non-hydrogen) atoms. The summed E-state index contributed by atoms with van der Waals surface area (Å²) in [4.78, 5) is 2.65. The van der Waals surface area contributed by atoms with Crippen LogP contribution < -0.4 is 5.73 Å². The van der Waals surface area contributed by atoms with Crippen molar-refractivity contribution in [2.24, 2.45) is 11.7 Å². The lowest BCUT2D eigenvalue weighted by molar-refractivity contribution is 0.163. The van der Waals surface area contributed by atoms with Crippen LogP contribution >= 0.6 is 0 Å². The topological polar surface area (TPSA) is 29.3 Å². The summed E-state index contributed by atoms with van der Waals surface area (Å²) in [5, 5.41) is 0. The van der Waals surface area contributed by atoms with E-state index in [9.17, 15) is 0 Å². The SMILES string of the molecule is CCC(N)C(C)N(CCC(C)C)C1CC1. The monoisotopic (exact) mass is 212 g/mol. The molecule has 1 saturated carbocycles. The van der Waals surface area contributed by atoms with Gasteiger partial charge >= 0.3 is 0 Å². The number of nitrogens with zero attached hydrogens (tertiary/aromatic N) is 1. The van der Waals surface area contributed by atoms with Crippen LogP contribution in [0, 0.1) is 5.92 Å². The van der Waals surface area contributed by atoms with Gasteiger partial charge in [-0.25, -0.2) is 0 Å². The van der Waals surface area contributed by atoms with E-state index in [2.05, 4.69) is 32.6 Å². The highest BCUT2D eigenvalue weighted by atomic mass is 15.2. The second kappa shape index (κ2) is 5.86. The maximum absolute atomic E-state index is 6.15. The highest BCUT2D eigenvalue weighted by Crippen LogP contribution is 2.30. The Labute approximate surface area is 95.2 Å². The highest BCUT2D eigenvalue weighted by molar-refractivity contribution is 4.90. The number of hydrogen-bond donors (Lipinski definition) is 1. The zero-order chi connectivity index (χ0) is 11.4. The zero-order valence-corrected chi connectivity index (χ0v) is 10.9. The summed E-state index contributed by atoms with van der Waals surface area (Å²) in [6.07, 6.45) is 5.17. The van der Waals surface area contributed by atoms with E-state index in [-0.39, 0.29) is 0 Å². The van der Waals surface area contributed by atoms with Crippen LogP contribution in [0.2, 0.25) is 0 Å². The molecule has 0 bridgehead atoms. The summed E-state index contributed by atoms with van der Waals surface area (Å²) in [7, 11) is 0. The highest BCUT2D eigenvalue weighted by Gasteiger charge is 2.33. The van der Waals surface area contributed by atoms with Crippen molar-refractivity contribution in [3.8, 4) is 0 Å². The summed E-state index contributed by atoms with van der Waals surface area (Å²) in [5.41, 5.74) is 6.15. The van der Waals surface area contributed by atoms with Crippen LogP contribution in [-0.4, -0.2) is 29.6 Å². The van der Waals surface area contributed by atoms with Gasteiger partial charge in [0.25, 0.3) is 0 Å². The first-order chi connectivity index (χ1) is 7.06. The second-order valence-electron chi connectivity index (χ2n) is 5.46. The quantitative estimate of drug-likeness (QED) is 0.703. The Morgan fingerprint density at radius 1 is 1.27 bits per heavy atom. The van der Waals surface area contributed by atoms with Gasteiger partial charge in [-0.1, -0.05) is 20.8 Å². The van der Waals surface area contributed by atoms with Crippen LogP contribution in [0.1, 0.15) is 53.4 Å². The van der Waals surface area contributed by atoms with E-state index in [1.165, 1.54) is 25.8 Å². The summed E-state index contributed by atoms with van der Waals surface area (Å²) in [5.74, 6) is 0.802. The van der Waals surface area contributed by atoms with Gasteiger partial charge in [0.1, 0.15) is 0 Å². The largest absolute Gasteiger partial charge is 0.326 e. The van der Waals surface area contributed by atoms with Gasteiger partial charge in [-0.3, -0.25) is 4.90 Å². The minimum Gasteiger partial charge on any atom is -0.326 e. The Morgan fingerprint density at radius 3 is 2.27 bits per heavy atom. The molecule has 1 aliphatic carbocycles. The van der Waals surface area contributed by atoms with E-state index in [0.717, 1.165) is 18.4 Å². The van der Waals surface area contributed by atoms with Gasteiger partial charge in [-0.2, -0.15) is 0 Å². The number of rotatable bonds is 7. The smallest absolute Gasteiger partial charge is 0.0221 e. The van der Waals surface area contributed by atoms with E-state index < -0.39 is 0 Å². The molecule has 0 radical (unpaired) electrons. The maximum Gasteiger partial charge on any atom is 0.0221 e. The molecule has 2 atom stereocenters. The third kappa shape index (κ3) is 4.12. The van der Waals surface area contributed by atoms with Gasteiger partial charge in [0.05, 0.1) is 0 Å². The van der Waals surface area contributed by atoms with Crippen molar-refractivity contribution in [2.45, 2.75) is 71.5 Å². The first-order valence-electron chi connectivity index (χ1n) is 6.57. The number of nitrogens with two attached hydrogens (primary N) is 1. The number of hydrogen-bond acceptors (Lipinski definition) is 2. The average molecular weight is 212 g/mol. The van der Waals surface area contributed by atoms with E-state index in [4.69, 9.17) is 5.73 Å². The van der Waals surface area contributed by atoms with Gasteiger partial charge in [-0.15, -0.1) is 0 Å². The van der Waals surface area contributed by atoms with Gasteiger partial charge < -0.3 is 5.73 Å². The van der Waals surface area contributed by atoms with Crippen LogP contribution in [0.15, 0.2) is 0 Å². The van der Waals surface area contributed by atoms with Crippen LogP contribution in [-0.2, 0) is 0 Å². The van der Waals surface area contributed by atoms with Gasteiger partial charge in [0.2, 0.25) is 0 Å². The van der Waals surface area contributed by atoms with Crippen LogP contribution in [0.5, 0.6) is 0 Å². The molecular weight excluding hydrogens is 184 g/mol. The Bertz CT molecular complexity index is 175. The fourth-order valence-electron chi connectivity index (χ4n) is 2.12. The van der Waals surface area contributed by atoms with Crippen LogP contribution in [0.3, 0.4) is 0 Å². The lowest BCUT2D eigenvalue weighted by atomic mass is 10.0.